The van der Waals surface area contributed by atoms with Crippen LogP contribution in [0, 0.1) is 0 Å². The summed E-state index contributed by atoms with van der Waals surface area (Å²) in [7, 11) is 0. The van der Waals surface area contributed by atoms with Crippen LogP contribution in [0.4, 0.5) is 0 Å². The molecule has 0 saturated carbocycles. The summed E-state index contributed by atoms with van der Waals surface area (Å²) in [5.41, 5.74) is 11.7. The summed E-state index contributed by atoms with van der Waals surface area (Å²) < 4.78 is 6.12. The molecule has 254 valence electrons. The third-order valence-electron chi connectivity index (χ3n) is 11.8. The Bertz CT molecular complexity index is 3400. The van der Waals surface area contributed by atoms with Gasteiger partial charge >= 0.3 is 0 Å². The lowest BCUT2D eigenvalue weighted by Gasteiger charge is -2.21. The smallest absolute Gasteiger partial charge is 0.135 e. The van der Waals surface area contributed by atoms with Gasteiger partial charge in [-0.3, -0.25) is 0 Å². The monoisotopic (exact) mass is 696 g/mol. The molecule has 0 aliphatic heterocycles. The maximum atomic E-state index is 6.12. The van der Waals surface area contributed by atoms with E-state index >= 15 is 0 Å². The van der Waals surface area contributed by atoms with Crippen LogP contribution in [-0.4, -0.2) is 0 Å². The molecule has 0 aliphatic carbocycles. The molecule has 0 radical (unpaired) electrons. The van der Waals surface area contributed by atoms with E-state index < -0.39 is 0 Å². The lowest BCUT2D eigenvalue weighted by molar-refractivity contribution is 0.669. The minimum absolute atomic E-state index is 0.917. The lowest BCUT2D eigenvalue weighted by Crippen LogP contribution is -1.93. The molecule has 1 aromatic heterocycles. The highest BCUT2D eigenvalue weighted by molar-refractivity contribution is 6.27. The first-order valence-electron chi connectivity index (χ1n) is 19.0. The zero-order valence-electron chi connectivity index (χ0n) is 29.9. The van der Waals surface area contributed by atoms with Crippen molar-refractivity contribution in [3.8, 4) is 44.5 Å². The number of hydrogen-bond acceptors (Lipinski definition) is 1. The second-order valence-electron chi connectivity index (χ2n) is 14.7. The van der Waals surface area contributed by atoms with Gasteiger partial charge in [-0.1, -0.05) is 176 Å². The summed E-state index contributed by atoms with van der Waals surface area (Å²) in [5.74, 6) is 0. The van der Waals surface area contributed by atoms with Gasteiger partial charge in [0.2, 0.25) is 0 Å². The number of furan rings is 1. The Morgan fingerprint density at radius 3 is 1.51 bits per heavy atom. The molecule has 0 unspecified atom stereocenters. The fraction of sp³-hybridized carbons (Fsp3) is 0. The van der Waals surface area contributed by atoms with E-state index in [9.17, 15) is 0 Å². The minimum atomic E-state index is 0.917. The van der Waals surface area contributed by atoms with Crippen molar-refractivity contribution in [3.63, 3.8) is 0 Å². The molecule has 0 amide bonds. The van der Waals surface area contributed by atoms with Crippen molar-refractivity contribution in [2.24, 2.45) is 0 Å². The fourth-order valence-corrected chi connectivity index (χ4v) is 9.37. The van der Waals surface area contributed by atoms with Gasteiger partial charge in [-0.25, -0.2) is 0 Å². The molecule has 1 heterocycles. The van der Waals surface area contributed by atoms with Crippen molar-refractivity contribution < 1.29 is 4.42 Å². The van der Waals surface area contributed by atoms with Crippen LogP contribution in [-0.2, 0) is 0 Å². The quantitative estimate of drug-likeness (QED) is 0.132. The molecule has 0 bridgehead atoms. The zero-order valence-corrected chi connectivity index (χ0v) is 29.9. The van der Waals surface area contributed by atoms with Gasteiger partial charge in [0.25, 0.3) is 0 Å². The lowest BCUT2D eigenvalue weighted by atomic mass is 9.82. The van der Waals surface area contributed by atoms with Crippen molar-refractivity contribution in [2.45, 2.75) is 0 Å². The van der Waals surface area contributed by atoms with E-state index in [2.05, 4.69) is 182 Å². The van der Waals surface area contributed by atoms with E-state index in [1.165, 1.54) is 98.4 Å². The summed E-state index contributed by atoms with van der Waals surface area (Å²) in [6, 6.07) is 71.2. The van der Waals surface area contributed by atoms with Gasteiger partial charge in [0, 0.05) is 10.8 Å². The highest BCUT2D eigenvalue weighted by Crippen LogP contribution is 2.48. The van der Waals surface area contributed by atoms with E-state index in [-0.39, 0.29) is 0 Å². The number of para-hydroxylation sites is 1. The van der Waals surface area contributed by atoms with Gasteiger partial charge in [-0.15, -0.1) is 0 Å². The molecular weight excluding hydrogens is 665 g/mol. The summed E-state index contributed by atoms with van der Waals surface area (Å²) in [6.07, 6.45) is 0. The first-order valence-corrected chi connectivity index (χ1v) is 19.0. The Hall–Kier alpha value is -7.22. The third-order valence-corrected chi connectivity index (χ3v) is 11.8. The van der Waals surface area contributed by atoms with Crippen molar-refractivity contribution >= 4 is 75.8 Å². The van der Waals surface area contributed by atoms with Gasteiger partial charge in [0.05, 0.1) is 0 Å². The number of benzene rings is 11. The topological polar surface area (TPSA) is 13.1 Å². The maximum absolute atomic E-state index is 6.12. The average molecular weight is 697 g/mol. The van der Waals surface area contributed by atoms with Crippen molar-refractivity contribution in [3.05, 3.63) is 194 Å². The molecule has 0 N–H and O–H groups in total. The average Bonchev–Trinajstić information content (AvgIpc) is 3.63. The second-order valence-corrected chi connectivity index (χ2v) is 14.7. The van der Waals surface area contributed by atoms with Crippen LogP contribution in [0.25, 0.3) is 120 Å². The molecule has 11 aromatic carbocycles. The normalized spacial score (nSPS) is 12.0. The van der Waals surface area contributed by atoms with E-state index in [0.29, 0.717) is 0 Å². The summed E-state index contributed by atoms with van der Waals surface area (Å²) in [4.78, 5) is 0. The Labute approximate surface area is 317 Å². The molecule has 0 spiro atoms. The second kappa shape index (κ2) is 11.6. The SMILES string of the molecule is c1ccc(-c2ccc3ccc4cccc5ccc2c3c45)c(-c2c3ccccc3c(-c3ccc(-c4ccc5oc6ccccc6c5c4)cc3)c3ccccc23)c1. The van der Waals surface area contributed by atoms with Crippen molar-refractivity contribution in [1.29, 1.82) is 0 Å². The molecular formula is C54H32O. The number of fused-ring (bicyclic) bond motifs is 5. The van der Waals surface area contributed by atoms with Crippen LogP contribution >= 0.6 is 0 Å². The van der Waals surface area contributed by atoms with Gasteiger partial charge in [-0.2, -0.15) is 0 Å². The zero-order chi connectivity index (χ0) is 36.0. The van der Waals surface area contributed by atoms with Gasteiger partial charge < -0.3 is 4.42 Å². The van der Waals surface area contributed by atoms with Crippen molar-refractivity contribution in [1.82, 2.24) is 0 Å². The Morgan fingerprint density at radius 1 is 0.255 bits per heavy atom. The van der Waals surface area contributed by atoms with Gasteiger partial charge in [-0.05, 0) is 117 Å². The molecule has 1 nitrogen and oxygen atoms in total. The summed E-state index contributed by atoms with van der Waals surface area (Å²) in [5, 5.41) is 15.1. The molecule has 1 heteroatoms. The predicted octanol–water partition coefficient (Wildman–Crippen LogP) is 15.5. The molecule has 12 aromatic rings. The van der Waals surface area contributed by atoms with Gasteiger partial charge in [0.1, 0.15) is 11.2 Å². The molecule has 0 aliphatic rings. The van der Waals surface area contributed by atoms with E-state index in [0.717, 1.165) is 21.9 Å². The highest BCUT2D eigenvalue weighted by atomic mass is 16.3. The van der Waals surface area contributed by atoms with E-state index in [1.54, 1.807) is 0 Å². The Morgan fingerprint density at radius 2 is 0.782 bits per heavy atom. The van der Waals surface area contributed by atoms with E-state index in [1.807, 2.05) is 12.1 Å². The van der Waals surface area contributed by atoms with Gasteiger partial charge in [0.15, 0.2) is 0 Å². The van der Waals surface area contributed by atoms with Crippen LogP contribution in [0.3, 0.4) is 0 Å². The third kappa shape index (κ3) is 4.48. The largest absolute Gasteiger partial charge is 0.456 e. The van der Waals surface area contributed by atoms with Crippen LogP contribution in [0.15, 0.2) is 199 Å². The predicted molar refractivity (Wildman–Crippen MR) is 234 cm³/mol. The maximum Gasteiger partial charge on any atom is 0.135 e. The Balaban J connectivity index is 1.05. The fourth-order valence-electron chi connectivity index (χ4n) is 9.37. The highest BCUT2D eigenvalue weighted by Gasteiger charge is 2.20. The van der Waals surface area contributed by atoms with Crippen LogP contribution < -0.4 is 0 Å². The Kier molecular flexibility index (Phi) is 6.40. The first-order chi connectivity index (χ1) is 27.3. The number of hydrogen-bond donors (Lipinski definition) is 0. The van der Waals surface area contributed by atoms with Crippen LogP contribution in [0.1, 0.15) is 0 Å². The van der Waals surface area contributed by atoms with E-state index in [4.69, 9.17) is 4.42 Å². The molecule has 0 saturated heterocycles. The standard InChI is InChI=1S/C54H32O/c1-2-14-42(39(12-1)40-29-26-37-25-24-34-10-9-11-35-27-30-47(40)53(37)51(34)35)54-45-17-5-3-15-43(45)52(44-16-4-6-18-46(44)54)36-22-20-33(21-23-36)38-28-31-50-48(32-38)41-13-7-8-19-49(41)55-50/h1-32H. The summed E-state index contributed by atoms with van der Waals surface area (Å²) in [6.45, 7) is 0. The molecule has 55 heavy (non-hydrogen) atoms. The minimum Gasteiger partial charge on any atom is -0.456 e. The molecule has 12 rings (SSSR count). The van der Waals surface area contributed by atoms with Crippen molar-refractivity contribution in [2.75, 3.05) is 0 Å². The summed E-state index contributed by atoms with van der Waals surface area (Å²) >= 11 is 0. The number of rotatable bonds is 4. The molecule has 0 atom stereocenters. The van der Waals surface area contributed by atoms with Crippen LogP contribution in [0.5, 0.6) is 0 Å². The molecule has 0 fully saturated rings. The first kappa shape index (κ1) is 30.3. The van der Waals surface area contributed by atoms with Crippen LogP contribution in [0.2, 0.25) is 0 Å².